The van der Waals surface area contributed by atoms with Gasteiger partial charge in [0.2, 0.25) is 0 Å². The van der Waals surface area contributed by atoms with E-state index in [1.165, 1.54) is 30.4 Å². The van der Waals surface area contributed by atoms with Crippen molar-refractivity contribution in [1.82, 2.24) is 0 Å². The van der Waals surface area contributed by atoms with Crippen molar-refractivity contribution in [2.45, 2.75) is 32.7 Å². The van der Waals surface area contributed by atoms with Crippen LogP contribution in [0, 0.1) is 0 Å². The molecule has 0 bridgehead atoms. The summed E-state index contributed by atoms with van der Waals surface area (Å²) in [6.07, 6.45) is 8.11. The SMILES string of the molecule is CCCC/C=C/c1cccc(CN)c1. The van der Waals surface area contributed by atoms with Crippen molar-refractivity contribution in [3.8, 4) is 0 Å². The zero-order valence-corrected chi connectivity index (χ0v) is 8.87. The van der Waals surface area contributed by atoms with E-state index >= 15 is 0 Å². The van der Waals surface area contributed by atoms with Crippen LogP contribution in [0.3, 0.4) is 0 Å². The van der Waals surface area contributed by atoms with Gasteiger partial charge in [-0.05, 0) is 17.5 Å². The minimum Gasteiger partial charge on any atom is -0.326 e. The highest BCUT2D eigenvalue weighted by Crippen LogP contribution is 2.07. The van der Waals surface area contributed by atoms with Gasteiger partial charge in [0.1, 0.15) is 0 Å². The zero-order valence-electron chi connectivity index (χ0n) is 8.87. The lowest BCUT2D eigenvalue weighted by molar-refractivity contribution is 0.816. The Morgan fingerprint density at radius 1 is 1.36 bits per heavy atom. The van der Waals surface area contributed by atoms with Crippen LogP contribution in [-0.2, 0) is 6.54 Å². The largest absolute Gasteiger partial charge is 0.326 e. The monoisotopic (exact) mass is 189 g/mol. The molecule has 0 amide bonds. The molecule has 1 rings (SSSR count). The highest BCUT2D eigenvalue weighted by molar-refractivity contribution is 5.50. The first-order chi connectivity index (χ1) is 6.86. The predicted octanol–water partition coefficient (Wildman–Crippen LogP) is 3.35. The zero-order chi connectivity index (χ0) is 10.2. The summed E-state index contributed by atoms with van der Waals surface area (Å²) in [6, 6.07) is 8.37. The highest BCUT2D eigenvalue weighted by atomic mass is 14.5. The number of benzene rings is 1. The van der Waals surface area contributed by atoms with Crippen molar-refractivity contribution in [1.29, 1.82) is 0 Å². The molecule has 2 N–H and O–H groups in total. The topological polar surface area (TPSA) is 26.0 Å². The van der Waals surface area contributed by atoms with E-state index in [0.29, 0.717) is 6.54 Å². The third-order valence-electron chi connectivity index (χ3n) is 2.22. The Morgan fingerprint density at radius 3 is 2.93 bits per heavy atom. The van der Waals surface area contributed by atoms with Gasteiger partial charge in [-0.15, -0.1) is 0 Å². The highest BCUT2D eigenvalue weighted by Gasteiger charge is 1.89. The number of hydrogen-bond acceptors (Lipinski definition) is 1. The van der Waals surface area contributed by atoms with Crippen LogP contribution >= 0.6 is 0 Å². The van der Waals surface area contributed by atoms with Crippen molar-refractivity contribution < 1.29 is 0 Å². The standard InChI is InChI=1S/C13H19N/c1-2-3-4-5-7-12-8-6-9-13(10-12)11-14/h5-10H,2-4,11,14H2,1H3/b7-5+. The molecule has 1 aromatic carbocycles. The maximum absolute atomic E-state index is 5.57. The van der Waals surface area contributed by atoms with Gasteiger partial charge >= 0.3 is 0 Å². The van der Waals surface area contributed by atoms with Crippen molar-refractivity contribution in [3.05, 3.63) is 41.5 Å². The second-order valence-electron chi connectivity index (χ2n) is 3.49. The second-order valence-corrected chi connectivity index (χ2v) is 3.49. The van der Waals surface area contributed by atoms with Gasteiger partial charge in [0.15, 0.2) is 0 Å². The van der Waals surface area contributed by atoms with Crippen molar-refractivity contribution >= 4 is 6.08 Å². The van der Waals surface area contributed by atoms with Gasteiger partial charge in [0, 0.05) is 6.54 Å². The van der Waals surface area contributed by atoms with E-state index in [1.807, 2.05) is 0 Å². The number of hydrogen-bond donors (Lipinski definition) is 1. The summed E-state index contributed by atoms with van der Waals surface area (Å²) in [5, 5.41) is 0. The van der Waals surface area contributed by atoms with Crippen molar-refractivity contribution in [2.75, 3.05) is 0 Å². The Balaban J connectivity index is 2.53. The maximum Gasteiger partial charge on any atom is 0.0178 e. The van der Waals surface area contributed by atoms with Crippen LogP contribution < -0.4 is 5.73 Å². The van der Waals surface area contributed by atoms with E-state index in [0.717, 1.165) is 0 Å². The fourth-order valence-corrected chi connectivity index (χ4v) is 1.37. The van der Waals surface area contributed by atoms with E-state index in [4.69, 9.17) is 5.73 Å². The third-order valence-corrected chi connectivity index (χ3v) is 2.22. The molecule has 0 aliphatic carbocycles. The number of rotatable bonds is 5. The summed E-state index contributed by atoms with van der Waals surface area (Å²) in [7, 11) is 0. The minimum absolute atomic E-state index is 0.622. The molecule has 0 unspecified atom stereocenters. The van der Waals surface area contributed by atoms with E-state index in [-0.39, 0.29) is 0 Å². The number of unbranched alkanes of at least 4 members (excludes halogenated alkanes) is 2. The summed E-state index contributed by atoms with van der Waals surface area (Å²) in [5.41, 5.74) is 8.02. The summed E-state index contributed by atoms with van der Waals surface area (Å²) in [6.45, 7) is 2.83. The van der Waals surface area contributed by atoms with Crippen LogP contribution in [-0.4, -0.2) is 0 Å². The molecule has 1 nitrogen and oxygen atoms in total. The maximum atomic E-state index is 5.57. The molecule has 0 saturated heterocycles. The lowest BCUT2D eigenvalue weighted by atomic mass is 10.1. The van der Waals surface area contributed by atoms with Gasteiger partial charge in [-0.2, -0.15) is 0 Å². The van der Waals surface area contributed by atoms with Crippen LogP contribution in [0.1, 0.15) is 37.3 Å². The van der Waals surface area contributed by atoms with Crippen molar-refractivity contribution in [3.63, 3.8) is 0 Å². The van der Waals surface area contributed by atoms with E-state index < -0.39 is 0 Å². The van der Waals surface area contributed by atoms with Gasteiger partial charge in [0.25, 0.3) is 0 Å². The normalized spacial score (nSPS) is 11.0. The fraction of sp³-hybridized carbons (Fsp3) is 0.385. The molecule has 0 aliphatic heterocycles. The Hall–Kier alpha value is -1.08. The molecule has 0 atom stereocenters. The summed E-state index contributed by atoms with van der Waals surface area (Å²) < 4.78 is 0. The Labute approximate surface area is 86.6 Å². The molecule has 0 fully saturated rings. The average molecular weight is 189 g/mol. The molecule has 0 saturated carbocycles. The van der Waals surface area contributed by atoms with Gasteiger partial charge < -0.3 is 5.73 Å². The summed E-state index contributed by atoms with van der Waals surface area (Å²) >= 11 is 0. The molecule has 14 heavy (non-hydrogen) atoms. The first-order valence-electron chi connectivity index (χ1n) is 5.32. The molecule has 0 aromatic heterocycles. The molecule has 0 heterocycles. The molecule has 0 spiro atoms. The van der Waals surface area contributed by atoms with Crippen LogP contribution in [0.15, 0.2) is 30.3 Å². The van der Waals surface area contributed by atoms with Crippen LogP contribution in [0.25, 0.3) is 6.08 Å². The lowest BCUT2D eigenvalue weighted by Crippen LogP contribution is -1.95. The van der Waals surface area contributed by atoms with Gasteiger partial charge in [-0.1, -0.05) is 56.2 Å². The quantitative estimate of drug-likeness (QED) is 0.706. The third kappa shape index (κ3) is 3.75. The van der Waals surface area contributed by atoms with Gasteiger partial charge in [0.05, 0.1) is 0 Å². The van der Waals surface area contributed by atoms with E-state index in [1.54, 1.807) is 0 Å². The number of nitrogens with two attached hydrogens (primary N) is 1. The van der Waals surface area contributed by atoms with Crippen LogP contribution in [0.4, 0.5) is 0 Å². The Kier molecular flexibility index (Phi) is 5.02. The molecular weight excluding hydrogens is 170 g/mol. The molecule has 0 aliphatic rings. The molecule has 1 heteroatoms. The lowest BCUT2D eigenvalue weighted by Gasteiger charge is -1.98. The number of allylic oxidation sites excluding steroid dienone is 1. The minimum atomic E-state index is 0.622. The molecular formula is C13H19N. The van der Waals surface area contributed by atoms with Gasteiger partial charge in [-0.3, -0.25) is 0 Å². The first kappa shape index (κ1) is 11.0. The first-order valence-corrected chi connectivity index (χ1v) is 5.32. The van der Waals surface area contributed by atoms with Crippen molar-refractivity contribution in [2.24, 2.45) is 5.73 Å². The predicted molar refractivity (Wildman–Crippen MR) is 62.9 cm³/mol. The summed E-state index contributed by atoms with van der Waals surface area (Å²) in [5.74, 6) is 0. The van der Waals surface area contributed by atoms with Crippen LogP contribution in [0.2, 0.25) is 0 Å². The van der Waals surface area contributed by atoms with Crippen LogP contribution in [0.5, 0.6) is 0 Å². The fourth-order valence-electron chi connectivity index (χ4n) is 1.37. The van der Waals surface area contributed by atoms with E-state index in [9.17, 15) is 0 Å². The average Bonchev–Trinajstić information content (AvgIpc) is 2.25. The molecule has 1 aromatic rings. The smallest absolute Gasteiger partial charge is 0.0178 e. The van der Waals surface area contributed by atoms with E-state index in [2.05, 4.69) is 43.3 Å². The Bertz CT molecular complexity index is 289. The van der Waals surface area contributed by atoms with Gasteiger partial charge in [-0.25, -0.2) is 0 Å². The molecule has 0 radical (unpaired) electrons. The summed E-state index contributed by atoms with van der Waals surface area (Å²) in [4.78, 5) is 0. The Morgan fingerprint density at radius 2 is 2.21 bits per heavy atom. The second kappa shape index (κ2) is 6.39. The molecule has 76 valence electrons.